The monoisotopic (exact) mass is 264 g/mol. The van der Waals surface area contributed by atoms with Crippen molar-refractivity contribution in [1.29, 1.82) is 0 Å². The molecule has 1 aliphatic rings. The van der Waals surface area contributed by atoms with Gasteiger partial charge in [0.05, 0.1) is 0 Å². The van der Waals surface area contributed by atoms with E-state index < -0.39 is 0 Å². The van der Waals surface area contributed by atoms with Gasteiger partial charge in [0, 0.05) is 24.8 Å². The molecule has 1 aromatic heterocycles. The van der Waals surface area contributed by atoms with Crippen LogP contribution in [0.3, 0.4) is 0 Å². The predicted octanol–water partition coefficient (Wildman–Crippen LogP) is 1.54. The lowest BCUT2D eigenvalue weighted by molar-refractivity contribution is 0.0920. The maximum absolute atomic E-state index is 12.2. The Morgan fingerprint density at radius 3 is 2.58 bits per heavy atom. The molecule has 2 rings (SSSR count). The van der Waals surface area contributed by atoms with Gasteiger partial charge >= 0.3 is 0 Å². The first kappa shape index (κ1) is 14.1. The van der Waals surface area contributed by atoms with Gasteiger partial charge in [0.2, 0.25) is 0 Å². The van der Waals surface area contributed by atoms with Crippen molar-refractivity contribution in [3.8, 4) is 0 Å². The maximum Gasteiger partial charge on any atom is 0.272 e. The normalized spacial score (nSPS) is 23.6. The van der Waals surface area contributed by atoms with Crippen LogP contribution in [0, 0.1) is 0 Å². The highest BCUT2D eigenvalue weighted by atomic mass is 16.2. The smallest absolute Gasteiger partial charge is 0.272 e. The predicted molar refractivity (Wildman–Crippen MR) is 75.0 cm³/mol. The Hall–Kier alpha value is -1.36. The average molecular weight is 264 g/mol. The minimum Gasteiger partial charge on any atom is -0.348 e. The van der Waals surface area contributed by atoms with E-state index >= 15 is 0 Å². The SMILES string of the molecule is CC(C)c1cc(C(=O)NC2CCC(N)CC2)nn1C. The molecule has 0 spiro atoms. The number of nitrogens with two attached hydrogens (primary N) is 1. The topological polar surface area (TPSA) is 72.9 Å². The first-order valence-electron chi connectivity index (χ1n) is 7.07. The molecule has 1 heterocycles. The van der Waals surface area contributed by atoms with Gasteiger partial charge in [-0.2, -0.15) is 5.10 Å². The van der Waals surface area contributed by atoms with Crippen LogP contribution in [0.4, 0.5) is 0 Å². The molecule has 0 saturated heterocycles. The molecule has 106 valence electrons. The summed E-state index contributed by atoms with van der Waals surface area (Å²) in [6, 6.07) is 2.43. The molecule has 0 bridgehead atoms. The van der Waals surface area contributed by atoms with E-state index in [4.69, 9.17) is 5.73 Å². The van der Waals surface area contributed by atoms with E-state index in [0.29, 0.717) is 17.7 Å². The number of aryl methyl sites for hydroxylation is 1. The van der Waals surface area contributed by atoms with E-state index in [9.17, 15) is 4.79 Å². The van der Waals surface area contributed by atoms with Crippen LogP contribution in [0.2, 0.25) is 0 Å². The van der Waals surface area contributed by atoms with Crippen molar-refractivity contribution >= 4 is 5.91 Å². The minimum atomic E-state index is -0.0667. The summed E-state index contributed by atoms with van der Waals surface area (Å²) >= 11 is 0. The minimum absolute atomic E-state index is 0.0667. The van der Waals surface area contributed by atoms with Crippen molar-refractivity contribution in [2.75, 3.05) is 0 Å². The van der Waals surface area contributed by atoms with Crippen LogP contribution in [0.25, 0.3) is 0 Å². The first-order valence-corrected chi connectivity index (χ1v) is 7.07. The van der Waals surface area contributed by atoms with Crippen LogP contribution in [0.15, 0.2) is 6.07 Å². The molecule has 1 fully saturated rings. The van der Waals surface area contributed by atoms with Gasteiger partial charge in [-0.05, 0) is 37.7 Å². The maximum atomic E-state index is 12.2. The zero-order valence-corrected chi connectivity index (χ0v) is 12.0. The largest absolute Gasteiger partial charge is 0.348 e. The highest BCUT2D eigenvalue weighted by Crippen LogP contribution is 2.18. The quantitative estimate of drug-likeness (QED) is 0.870. The van der Waals surface area contributed by atoms with Crippen molar-refractivity contribution in [3.05, 3.63) is 17.5 Å². The number of nitrogens with zero attached hydrogens (tertiary/aromatic N) is 2. The van der Waals surface area contributed by atoms with Crippen molar-refractivity contribution in [2.45, 2.75) is 57.5 Å². The molecule has 0 radical (unpaired) electrons. The van der Waals surface area contributed by atoms with Crippen molar-refractivity contribution < 1.29 is 4.79 Å². The average Bonchev–Trinajstić information content (AvgIpc) is 2.74. The van der Waals surface area contributed by atoms with E-state index in [1.54, 1.807) is 4.68 Å². The number of carbonyl (C=O) groups excluding carboxylic acids is 1. The van der Waals surface area contributed by atoms with Crippen LogP contribution >= 0.6 is 0 Å². The number of rotatable bonds is 3. The summed E-state index contributed by atoms with van der Waals surface area (Å²) in [5.41, 5.74) is 7.46. The lowest BCUT2D eigenvalue weighted by atomic mass is 9.92. The Bertz CT molecular complexity index is 444. The van der Waals surface area contributed by atoms with Crippen LogP contribution in [-0.2, 0) is 7.05 Å². The van der Waals surface area contributed by atoms with Gasteiger partial charge in [-0.15, -0.1) is 0 Å². The summed E-state index contributed by atoms with van der Waals surface area (Å²) in [7, 11) is 1.88. The molecule has 5 heteroatoms. The molecular formula is C14H24N4O. The lowest BCUT2D eigenvalue weighted by Crippen LogP contribution is -2.40. The molecule has 1 amide bonds. The summed E-state index contributed by atoms with van der Waals surface area (Å²) in [6.07, 6.45) is 3.92. The Labute approximate surface area is 114 Å². The van der Waals surface area contributed by atoms with Crippen LogP contribution < -0.4 is 11.1 Å². The second-order valence-electron chi connectivity index (χ2n) is 5.82. The van der Waals surface area contributed by atoms with Gasteiger partial charge in [0.15, 0.2) is 0 Å². The second-order valence-corrected chi connectivity index (χ2v) is 5.82. The number of hydrogen-bond donors (Lipinski definition) is 2. The zero-order valence-electron chi connectivity index (χ0n) is 12.0. The summed E-state index contributed by atoms with van der Waals surface area (Å²) < 4.78 is 1.79. The fourth-order valence-corrected chi connectivity index (χ4v) is 2.66. The van der Waals surface area contributed by atoms with Gasteiger partial charge in [-0.3, -0.25) is 9.48 Å². The summed E-state index contributed by atoms with van der Waals surface area (Å²) in [4.78, 5) is 12.2. The van der Waals surface area contributed by atoms with Crippen molar-refractivity contribution in [1.82, 2.24) is 15.1 Å². The van der Waals surface area contributed by atoms with Gasteiger partial charge in [0.25, 0.3) is 5.91 Å². The van der Waals surface area contributed by atoms with E-state index in [2.05, 4.69) is 24.3 Å². The molecule has 1 saturated carbocycles. The molecule has 19 heavy (non-hydrogen) atoms. The summed E-state index contributed by atoms with van der Waals surface area (Å²) in [5, 5.41) is 7.36. The van der Waals surface area contributed by atoms with E-state index in [1.165, 1.54) is 0 Å². The summed E-state index contributed by atoms with van der Waals surface area (Å²) in [5.74, 6) is 0.301. The van der Waals surface area contributed by atoms with E-state index in [-0.39, 0.29) is 11.9 Å². The fourth-order valence-electron chi connectivity index (χ4n) is 2.66. The molecule has 3 N–H and O–H groups in total. The van der Waals surface area contributed by atoms with Crippen molar-refractivity contribution in [3.63, 3.8) is 0 Å². The first-order chi connectivity index (χ1) is 8.97. The standard InChI is InChI=1S/C14H24N4O/c1-9(2)13-8-12(17-18(13)3)14(19)16-11-6-4-10(15)5-7-11/h8-11H,4-7,15H2,1-3H3,(H,16,19). The molecule has 1 aliphatic carbocycles. The molecule has 0 aromatic carbocycles. The number of carbonyl (C=O) groups is 1. The third-order valence-corrected chi connectivity index (χ3v) is 3.85. The molecular weight excluding hydrogens is 240 g/mol. The third kappa shape index (κ3) is 3.35. The van der Waals surface area contributed by atoms with Gasteiger partial charge < -0.3 is 11.1 Å². The number of hydrogen-bond acceptors (Lipinski definition) is 3. The molecule has 5 nitrogen and oxygen atoms in total. The van der Waals surface area contributed by atoms with Gasteiger partial charge in [-0.25, -0.2) is 0 Å². The van der Waals surface area contributed by atoms with Gasteiger partial charge in [0.1, 0.15) is 5.69 Å². The zero-order chi connectivity index (χ0) is 14.0. The number of amides is 1. The third-order valence-electron chi connectivity index (χ3n) is 3.85. The lowest BCUT2D eigenvalue weighted by Gasteiger charge is -2.26. The highest BCUT2D eigenvalue weighted by Gasteiger charge is 2.22. The molecule has 0 unspecified atom stereocenters. The molecule has 0 atom stereocenters. The van der Waals surface area contributed by atoms with Crippen LogP contribution in [-0.4, -0.2) is 27.8 Å². The highest BCUT2D eigenvalue weighted by molar-refractivity contribution is 5.92. The number of aromatic nitrogens is 2. The molecule has 1 aromatic rings. The Morgan fingerprint density at radius 1 is 1.42 bits per heavy atom. The fraction of sp³-hybridized carbons (Fsp3) is 0.714. The van der Waals surface area contributed by atoms with Gasteiger partial charge in [-0.1, -0.05) is 13.8 Å². The number of nitrogens with one attached hydrogen (secondary N) is 1. The second kappa shape index (κ2) is 5.74. The Morgan fingerprint density at radius 2 is 2.05 bits per heavy atom. The Balaban J connectivity index is 1.98. The van der Waals surface area contributed by atoms with E-state index in [0.717, 1.165) is 31.4 Å². The van der Waals surface area contributed by atoms with Crippen LogP contribution in [0.1, 0.15) is 61.6 Å². The Kier molecular flexibility index (Phi) is 4.24. The van der Waals surface area contributed by atoms with E-state index in [1.807, 2.05) is 13.1 Å². The van der Waals surface area contributed by atoms with Crippen LogP contribution in [0.5, 0.6) is 0 Å². The van der Waals surface area contributed by atoms with Crippen molar-refractivity contribution in [2.24, 2.45) is 12.8 Å². The summed E-state index contributed by atoms with van der Waals surface area (Å²) in [6.45, 7) is 4.20. The molecule has 0 aliphatic heterocycles.